The predicted octanol–water partition coefficient (Wildman–Crippen LogP) is 0.539. The molecule has 3 fully saturated rings. The van der Waals surface area contributed by atoms with Crippen molar-refractivity contribution in [2.75, 3.05) is 20.2 Å². The van der Waals surface area contributed by atoms with Crippen molar-refractivity contribution >= 4 is 11.9 Å². The largest absolute Gasteiger partial charge is 0.469 e. The van der Waals surface area contributed by atoms with Gasteiger partial charge < -0.3 is 15.0 Å². The van der Waals surface area contributed by atoms with Crippen LogP contribution < -0.4 is 5.32 Å². The number of amides is 1. The molecule has 0 radical (unpaired) electrons. The maximum Gasteiger partial charge on any atom is 0.308 e. The summed E-state index contributed by atoms with van der Waals surface area (Å²) in [5, 5.41) is 3.51. The van der Waals surface area contributed by atoms with E-state index in [0.29, 0.717) is 31.1 Å². The van der Waals surface area contributed by atoms with Crippen LogP contribution in [0.5, 0.6) is 0 Å². The van der Waals surface area contributed by atoms with E-state index in [0.717, 1.165) is 25.7 Å². The van der Waals surface area contributed by atoms with Gasteiger partial charge in [-0.15, -0.1) is 0 Å². The first kappa shape index (κ1) is 12.9. The Balaban J connectivity index is 1.54. The lowest BCUT2D eigenvalue weighted by atomic mass is 9.87. The first-order valence-electron chi connectivity index (χ1n) is 7.31. The minimum absolute atomic E-state index is 0.0211. The van der Waals surface area contributed by atoms with E-state index in [1.165, 1.54) is 13.5 Å². The van der Waals surface area contributed by atoms with Gasteiger partial charge in [0.2, 0.25) is 5.91 Å². The molecule has 1 N–H and O–H groups in total. The zero-order valence-electron chi connectivity index (χ0n) is 11.4. The highest BCUT2D eigenvalue weighted by molar-refractivity contribution is 5.81. The SMILES string of the molecule is COC(=O)C1CCN(C(=O)C2CC3CCC2N3)CC1. The molecule has 2 bridgehead atoms. The second kappa shape index (κ2) is 5.12. The summed E-state index contributed by atoms with van der Waals surface area (Å²) in [6.45, 7) is 1.40. The summed E-state index contributed by atoms with van der Waals surface area (Å²) >= 11 is 0. The summed E-state index contributed by atoms with van der Waals surface area (Å²) in [7, 11) is 1.43. The number of carbonyl (C=O) groups excluding carboxylic acids is 2. The van der Waals surface area contributed by atoms with Crippen LogP contribution in [0.15, 0.2) is 0 Å². The molecule has 0 aromatic heterocycles. The Labute approximate surface area is 113 Å². The molecule has 3 unspecified atom stereocenters. The lowest BCUT2D eigenvalue weighted by molar-refractivity contribution is -0.149. The molecule has 5 nitrogen and oxygen atoms in total. The second-order valence-corrected chi connectivity index (χ2v) is 6.01. The van der Waals surface area contributed by atoms with Gasteiger partial charge in [0.05, 0.1) is 18.9 Å². The van der Waals surface area contributed by atoms with Crippen molar-refractivity contribution in [3.05, 3.63) is 0 Å². The number of nitrogens with zero attached hydrogens (tertiary/aromatic N) is 1. The van der Waals surface area contributed by atoms with E-state index in [1.54, 1.807) is 0 Å². The third kappa shape index (κ3) is 2.36. The van der Waals surface area contributed by atoms with Gasteiger partial charge in [-0.2, -0.15) is 0 Å². The minimum Gasteiger partial charge on any atom is -0.469 e. The van der Waals surface area contributed by atoms with E-state index < -0.39 is 0 Å². The second-order valence-electron chi connectivity index (χ2n) is 6.01. The summed E-state index contributed by atoms with van der Waals surface area (Å²) in [6.07, 6.45) is 4.85. The van der Waals surface area contributed by atoms with E-state index in [1.807, 2.05) is 4.90 Å². The van der Waals surface area contributed by atoms with Crippen LogP contribution in [0.25, 0.3) is 0 Å². The monoisotopic (exact) mass is 266 g/mol. The fraction of sp³-hybridized carbons (Fsp3) is 0.857. The molecule has 3 rings (SSSR count). The van der Waals surface area contributed by atoms with E-state index in [-0.39, 0.29) is 17.8 Å². The summed E-state index contributed by atoms with van der Waals surface area (Å²) in [4.78, 5) is 25.9. The normalized spacial score (nSPS) is 34.6. The molecule has 0 saturated carbocycles. The van der Waals surface area contributed by atoms with Crippen LogP contribution in [0.2, 0.25) is 0 Å². The van der Waals surface area contributed by atoms with Crippen molar-refractivity contribution in [2.45, 2.75) is 44.2 Å². The lowest BCUT2D eigenvalue weighted by Gasteiger charge is -2.34. The molecular weight excluding hydrogens is 244 g/mol. The zero-order valence-corrected chi connectivity index (χ0v) is 11.4. The van der Waals surface area contributed by atoms with E-state index >= 15 is 0 Å². The quantitative estimate of drug-likeness (QED) is 0.741. The van der Waals surface area contributed by atoms with Crippen molar-refractivity contribution in [3.8, 4) is 0 Å². The third-order valence-electron chi connectivity index (χ3n) is 4.96. The van der Waals surface area contributed by atoms with Crippen LogP contribution in [-0.2, 0) is 14.3 Å². The first-order valence-corrected chi connectivity index (χ1v) is 7.31. The molecule has 0 aromatic rings. The molecule has 19 heavy (non-hydrogen) atoms. The highest BCUT2D eigenvalue weighted by Gasteiger charge is 2.44. The highest BCUT2D eigenvalue weighted by atomic mass is 16.5. The van der Waals surface area contributed by atoms with Gasteiger partial charge in [0.1, 0.15) is 0 Å². The van der Waals surface area contributed by atoms with Crippen LogP contribution in [0.4, 0.5) is 0 Å². The van der Waals surface area contributed by atoms with Crippen LogP contribution in [0.1, 0.15) is 32.1 Å². The standard InChI is InChI=1S/C14H22N2O3/c1-19-14(18)9-4-6-16(7-5-9)13(17)11-8-10-2-3-12(11)15-10/h9-12,15H,2-8H2,1H3. The molecule has 5 heteroatoms. The van der Waals surface area contributed by atoms with Crippen LogP contribution in [0.3, 0.4) is 0 Å². The Morgan fingerprint density at radius 3 is 2.42 bits per heavy atom. The molecule has 0 aromatic carbocycles. The molecule has 3 heterocycles. The number of carbonyl (C=O) groups is 2. The van der Waals surface area contributed by atoms with Gasteiger partial charge in [-0.3, -0.25) is 9.59 Å². The number of piperidine rings is 1. The van der Waals surface area contributed by atoms with Crippen molar-refractivity contribution in [2.24, 2.45) is 11.8 Å². The maximum atomic E-state index is 12.5. The molecule has 0 aliphatic carbocycles. The molecule has 3 aliphatic heterocycles. The molecular formula is C14H22N2O3. The number of esters is 1. The number of hydrogen-bond acceptors (Lipinski definition) is 4. The fourth-order valence-corrected chi connectivity index (χ4v) is 3.83. The average Bonchev–Trinajstić information content (AvgIpc) is 3.08. The van der Waals surface area contributed by atoms with E-state index in [9.17, 15) is 9.59 Å². The van der Waals surface area contributed by atoms with Gasteiger partial charge in [0, 0.05) is 25.2 Å². The predicted molar refractivity (Wildman–Crippen MR) is 69.4 cm³/mol. The van der Waals surface area contributed by atoms with E-state index in [4.69, 9.17) is 4.74 Å². The smallest absolute Gasteiger partial charge is 0.308 e. The Hall–Kier alpha value is -1.10. The van der Waals surface area contributed by atoms with Gasteiger partial charge >= 0.3 is 5.97 Å². The summed E-state index contributed by atoms with van der Waals surface area (Å²) in [5.74, 6) is 0.317. The maximum absolute atomic E-state index is 12.5. The zero-order chi connectivity index (χ0) is 13.4. The average molecular weight is 266 g/mol. The van der Waals surface area contributed by atoms with Crippen LogP contribution in [-0.4, -0.2) is 49.1 Å². The van der Waals surface area contributed by atoms with Crippen molar-refractivity contribution < 1.29 is 14.3 Å². The number of hydrogen-bond donors (Lipinski definition) is 1. The Morgan fingerprint density at radius 2 is 1.89 bits per heavy atom. The van der Waals surface area contributed by atoms with Gasteiger partial charge in [-0.05, 0) is 32.1 Å². The Morgan fingerprint density at radius 1 is 1.16 bits per heavy atom. The van der Waals surface area contributed by atoms with E-state index in [2.05, 4.69) is 5.32 Å². The number of rotatable bonds is 2. The molecule has 1 amide bonds. The Kier molecular flexibility index (Phi) is 3.48. The summed E-state index contributed by atoms with van der Waals surface area (Å²) in [5.41, 5.74) is 0. The number of likely N-dealkylation sites (tertiary alicyclic amines) is 1. The molecule has 106 valence electrons. The summed E-state index contributed by atoms with van der Waals surface area (Å²) < 4.78 is 4.77. The molecule has 0 spiro atoms. The van der Waals surface area contributed by atoms with Crippen molar-refractivity contribution in [1.82, 2.24) is 10.2 Å². The Bertz CT molecular complexity index is 377. The summed E-state index contributed by atoms with van der Waals surface area (Å²) in [6, 6.07) is 0.961. The van der Waals surface area contributed by atoms with Gasteiger partial charge in [-0.25, -0.2) is 0 Å². The molecule has 3 saturated heterocycles. The molecule has 3 atom stereocenters. The lowest BCUT2D eigenvalue weighted by Crippen LogP contribution is -2.45. The number of methoxy groups -OCH3 is 1. The number of fused-ring (bicyclic) bond motifs is 2. The van der Waals surface area contributed by atoms with Crippen LogP contribution in [0, 0.1) is 11.8 Å². The van der Waals surface area contributed by atoms with Crippen molar-refractivity contribution in [1.29, 1.82) is 0 Å². The van der Waals surface area contributed by atoms with Crippen LogP contribution >= 0.6 is 0 Å². The minimum atomic E-state index is -0.131. The first-order chi connectivity index (χ1) is 9.19. The third-order valence-corrected chi connectivity index (χ3v) is 4.96. The van der Waals surface area contributed by atoms with Gasteiger partial charge in [0.15, 0.2) is 0 Å². The number of nitrogens with one attached hydrogen (secondary N) is 1. The van der Waals surface area contributed by atoms with Crippen molar-refractivity contribution in [3.63, 3.8) is 0 Å². The van der Waals surface area contributed by atoms with Gasteiger partial charge in [0.25, 0.3) is 0 Å². The number of ether oxygens (including phenoxy) is 1. The highest BCUT2D eigenvalue weighted by Crippen LogP contribution is 2.35. The van der Waals surface area contributed by atoms with Gasteiger partial charge in [-0.1, -0.05) is 0 Å². The molecule has 3 aliphatic rings. The fourth-order valence-electron chi connectivity index (χ4n) is 3.83. The topological polar surface area (TPSA) is 58.6 Å².